The molecule has 0 saturated carbocycles. The van der Waals surface area contributed by atoms with Crippen LogP contribution in [0, 0.1) is 5.92 Å². The number of hydrogen-bond donors (Lipinski definition) is 1. The van der Waals surface area contributed by atoms with E-state index in [1.165, 1.54) is 12.8 Å². The molecule has 0 fully saturated rings. The second kappa shape index (κ2) is 7.14. The van der Waals surface area contributed by atoms with Crippen LogP contribution in [0.1, 0.15) is 47.9 Å². The highest BCUT2D eigenvalue weighted by Crippen LogP contribution is 2.07. The molecule has 0 aliphatic rings. The monoisotopic (exact) mass is 173 g/mol. The van der Waals surface area contributed by atoms with Gasteiger partial charge < -0.3 is 5.32 Å². The summed E-state index contributed by atoms with van der Waals surface area (Å²) in [6.07, 6.45) is 4.14. The van der Waals surface area contributed by atoms with Gasteiger partial charge in [-0.3, -0.25) is 4.79 Å². The van der Waals surface area contributed by atoms with Crippen molar-refractivity contribution in [2.45, 2.75) is 46.5 Å². The molecule has 0 unspecified atom stereocenters. The molecule has 0 aromatic heterocycles. The van der Waals surface area contributed by atoms with Gasteiger partial charge in [-0.25, -0.2) is 0 Å². The summed E-state index contributed by atoms with van der Waals surface area (Å²) < 4.78 is 0. The Morgan fingerprint density at radius 2 is 2.08 bits per heavy atom. The van der Waals surface area contributed by atoms with Gasteiger partial charge in [0.2, 0.25) is 5.91 Å². The van der Waals surface area contributed by atoms with Crippen molar-refractivity contribution >= 4 is 5.91 Å². The largest absolute Gasteiger partial charge is 0.356 e. The molecule has 2 heteroatoms. The molecule has 0 spiro atoms. The first-order chi connectivity index (χ1) is 5.66. The first kappa shape index (κ1) is 11.5. The van der Waals surface area contributed by atoms with Crippen LogP contribution in [-0.4, -0.2) is 12.5 Å². The van der Waals surface area contributed by atoms with Gasteiger partial charge in [0.05, 0.1) is 0 Å². The van der Waals surface area contributed by atoms with Crippen LogP contribution < -0.4 is 5.32 Å². The average Bonchev–Trinajstić information content (AvgIpc) is 1.98. The molecule has 0 atom stereocenters. The molecule has 12 heavy (non-hydrogen) atoms. The predicted octanol–water partition coefficient (Wildman–Crippen LogP) is 2.58. The van der Waals surface area contributed by atoms with Gasteiger partial charge in [-0.05, 0) is 19.3 Å². The number of nitrogens with one attached hydrogen (secondary N) is 1. The van der Waals surface area contributed by atoms with Crippen molar-refractivity contribution in [2.75, 3.05) is 6.54 Å². The summed E-state index contributed by atoms with van der Waals surface area (Å²) in [5.41, 5.74) is 0. The summed E-state index contributed by atoms with van der Waals surface area (Å²) in [4.78, 5) is 11.0. The molecular formula is C10H23NO. The van der Waals surface area contributed by atoms with E-state index >= 15 is 0 Å². The molecule has 0 rings (SSSR count). The average molecular weight is 173 g/mol. The summed E-state index contributed by atoms with van der Waals surface area (Å²) in [5.74, 6) is 0.959. The van der Waals surface area contributed by atoms with Crippen molar-refractivity contribution in [2.24, 2.45) is 5.92 Å². The van der Waals surface area contributed by atoms with Crippen molar-refractivity contribution in [3.63, 3.8) is 0 Å². The highest BCUT2D eigenvalue weighted by Gasteiger charge is 1.99. The lowest BCUT2D eigenvalue weighted by Gasteiger charge is -2.04. The molecule has 2 nitrogen and oxygen atoms in total. The van der Waals surface area contributed by atoms with E-state index in [9.17, 15) is 4.79 Å². The maximum absolute atomic E-state index is 11.0. The van der Waals surface area contributed by atoms with E-state index in [0.717, 1.165) is 18.9 Å². The molecule has 1 amide bonds. The molecule has 0 aliphatic heterocycles. The van der Waals surface area contributed by atoms with Crippen LogP contribution in [-0.2, 0) is 4.79 Å². The van der Waals surface area contributed by atoms with Crippen molar-refractivity contribution in [1.82, 2.24) is 5.32 Å². The molecule has 74 valence electrons. The van der Waals surface area contributed by atoms with E-state index in [1.807, 2.05) is 6.92 Å². The third kappa shape index (κ3) is 7.58. The number of amides is 1. The van der Waals surface area contributed by atoms with E-state index in [1.54, 1.807) is 0 Å². The Bertz CT molecular complexity index is 126. The van der Waals surface area contributed by atoms with Gasteiger partial charge in [0, 0.05) is 14.4 Å². The zero-order chi connectivity index (χ0) is 9.40. The zero-order valence-electron chi connectivity index (χ0n) is 8.52. The molecule has 0 bridgehead atoms. The quantitative estimate of drug-likeness (QED) is 0.615. The van der Waals surface area contributed by atoms with Crippen LogP contribution in [0.25, 0.3) is 0 Å². The van der Waals surface area contributed by atoms with Crippen LogP contribution >= 0.6 is 0 Å². The van der Waals surface area contributed by atoms with Crippen LogP contribution in [0.3, 0.4) is 0 Å². The predicted molar refractivity (Wildman–Crippen MR) is 54.1 cm³/mol. The van der Waals surface area contributed by atoms with Crippen LogP contribution in [0.5, 0.6) is 0 Å². The van der Waals surface area contributed by atoms with Crippen LogP contribution in [0.4, 0.5) is 0 Å². The van der Waals surface area contributed by atoms with Gasteiger partial charge in [-0.1, -0.05) is 26.7 Å². The fraction of sp³-hybridized carbons (Fsp3) is 0.900. The zero-order valence-corrected chi connectivity index (χ0v) is 8.52. The number of rotatable bonds is 6. The van der Waals surface area contributed by atoms with Crippen LogP contribution in [0.2, 0.25) is 0 Å². The Labute approximate surface area is 77.2 Å². The molecular weight excluding hydrogens is 150 g/mol. The van der Waals surface area contributed by atoms with Gasteiger partial charge in [0.1, 0.15) is 0 Å². The number of hydrogen-bond acceptors (Lipinski definition) is 1. The SMILES string of the molecule is CCNC(=O)CCCCC(C)C.[HH]. The van der Waals surface area contributed by atoms with Gasteiger partial charge in [0.25, 0.3) is 0 Å². The fourth-order valence-corrected chi connectivity index (χ4v) is 1.12. The van der Waals surface area contributed by atoms with Crippen molar-refractivity contribution in [3.8, 4) is 0 Å². The number of carbonyl (C=O) groups excluding carboxylic acids is 1. The minimum Gasteiger partial charge on any atom is -0.356 e. The third-order valence-corrected chi connectivity index (χ3v) is 1.81. The van der Waals surface area contributed by atoms with Gasteiger partial charge in [0.15, 0.2) is 0 Å². The van der Waals surface area contributed by atoms with Crippen molar-refractivity contribution in [1.29, 1.82) is 0 Å². The van der Waals surface area contributed by atoms with E-state index in [0.29, 0.717) is 6.42 Å². The summed E-state index contributed by atoms with van der Waals surface area (Å²) in [6, 6.07) is 0. The summed E-state index contributed by atoms with van der Waals surface area (Å²) in [6.45, 7) is 7.13. The lowest BCUT2D eigenvalue weighted by atomic mass is 10.1. The van der Waals surface area contributed by atoms with Crippen LogP contribution in [0.15, 0.2) is 0 Å². The molecule has 1 N–H and O–H groups in total. The van der Waals surface area contributed by atoms with E-state index in [2.05, 4.69) is 19.2 Å². The second-order valence-corrected chi connectivity index (χ2v) is 3.59. The molecule has 0 aromatic carbocycles. The Hall–Kier alpha value is -0.530. The number of carbonyl (C=O) groups is 1. The smallest absolute Gasteiger partial charge is 0.219 e. The molecule has 0 radical (unpaired) electrons. The lowest BCUT2D eigenvalue weighted by Crippen LogP contribution is -2.22. The van der Waals surface area contributed by atoms with Gasteiger partial charge >= 0.3 is 0 Å². The van der Waals surface area contributed by atoms with Crippen molar-refractivity contribution < 1.29 is 6.22 Å². The van der Waals surface area contributed by atoms with Crippen molar-refractivity contribution in [3.05, 3.63) is 0 Å². The van der Waals surface area contributed by atoms with Gasteiger partial charge in [-0.15, -0.1) is 0 Å². The Balaban J connectivity index is 0. The molecule has 0 aromatic rings. The molecule has 0 aliphatic carbocycles. The summed E-state index contributed by atoms with van der Waals surface area (Å²) >= 11 is 0. The Morgan fingerprint density at radius 3 is 2.58 bits per heavy atom. The second-order valence-electron chi connectivity index (χ2n) is 3.59. The summed E-state index contributed by atoms with van der Waals surface area (Å²) in [5, 5.41) is 2.79. The highest BCUT2D eigenvalue weighted by atomic mass is 16.1. The maximum atomic E-state index is 11.0. The maximum Gasteiger partial charge on any atom is 0.219 e. The first-order valence-electron chi connectivity index (χ1n) is 4.93. The first-order valence-corrected chi connectivity index (χ1v) is 4.93. The minimum atomic E-state index is 0. The third-order valence-electron chi connectivity index (χ3n) is 1.81. The summed E-state index contributed by atoms with van der Waals surface area (Å²) in [7, 11) is 0. The lowest BCUT2D eigenvalue weighted by molar-refractivity contribution is -0.121. The standard InChI is InChI=1S/C10H21NO.H2/c1-4-11-10(12)8-6-5-7-9(2)3;/h9H,4-8H2,1-3H3,(H,11,12);1H. The molecule has 0 saturated heterocycles. The van der Waals surface area contributed by atoms with Gasteiger partial charge in [-0.2, -0.15) is 0 Å². The highest BCUT2D eigenvalue weighted by molar-refractivity contribution is 5.75. The minimum absolute atomic E-state index is 0. The Morgan fingerprint density at radius 1 is 1.42 bits per heavy atom. The van der Waals surface area contributed by atoms with E-state index in [-0.39, 0.29) is 7.33 Å². The topological polar surface area (TPSA) is 29.1 Å². The van der Waals surface area contributed by atoms with E-state index in [4.69, 9.17) is 0 Å². The number of unbranched alkanes of at least 4 members (excludes halogenated alkanes) is 1. The normalized spacial score (nSPS) is 10.3. The Kier molecular flexibility index (Phi) is 6.82. The van der Waals surface area contributed by atoms with E-state index < -0.39 is 0 Å². The molecule has 0 heterocycles. The fourth-order valence-electron chi connectivity index (χ4n) is 1.12.